The van der Waals surface area contributed by atoms with Crippen LogP contribution in [0.15, 0.2) is 16.8 Å². The molecule has 1 aliphatic heterocycles. The van der Waals surface area contributed by atoms with Crippen LogP contribution in [0.2, 0.25) is 0 Å². The minimum atomic E-state index is 0.348. The van der Waals surface area contributed by atoms with E-state index in [0.717, 1.165) is 38.4 Å². The van der Waals surface area contributed by atoms with Crippen molar-refractivity contribution < 1.29 is 4.74 Å². The van der Waals surface area contributed by atoms with Gasteiger partial charge in [0.1, 0.15) is 0 Å². The van der Waals surface area contributed by atoms with Gasteiger partial charge in [-0.2, -0.15) is 11.3 Å². The molecule has 2 heterocycles. The van der Waals surface area contributed by atoms with Crippen LogP contribution in [0.1, 0.15) is 37.7 Å². The average Bonchev–Trinajstić information content (AvgIpc) is 3.41. The first-order chi connectivity index (χ1) is 10.3. The third-order valence-corrected chi connectivity index (χ3v) is 5.83. The highest BCUT2D eigenvalue weighted by Crippen LogP contribution is 2.36. The molecular weight excluding hydrogens is 280 g/mol. The lowest BCUT2D eigenvalue weighted by Crippen LogP contribution is -2.45. The fraction of sp³-hybridized carbons (Fsp3) is 0.765. The van der Waals surface area contributed by atoms with Gasteiger partial charge in [0.25, 0.3) is 0 Å². The monoisotopic (exact) mass is 306 g/mol. The van der Waals surface area contributed by atoms with Crippen molar-refractivity contribution in [1.82, 2.24) is 10.2 Å². The van der Waals surface area contributed by atoms with E-state index in [4.69, 9.17) is 4.74 Å². The molecule has 2 aliphatic carbocycles. The number of hydrogen-bond acceptors (Lipinski definition) is 4. The molecule has 1 N–H and O–H groups in total. The van der Waals surface area contributed by atoms with E-state index in [1.165, 1.54) is 44.2 Å². The summed E-state index contributed by atoms with van der Waals surface area (Å²) >= 11 is 1.81. The van der Waals surface area contributed by atoms with Crippen LogP contribution in [0.4, 0.5) is 0 Å². The van der Waals surface area contributed by atoms with Gasteiger partial charge in [0, 0.05) is 43.7 Å². The first kappa shape index (κ1) is 14.2. The molecule has 3 nitrogen and oxygen atoms in total. The fourth-order valence-corrected chi connectivity index (χ4v) is 4.08. The Kier molecular flexibility index (Phi) is 4.05. The molecule has 0 radical (unpaired) electrons. The Labute approximate surface area is 131 Å². The van der Waals surface area contributed by atoms with Crippen LogP contribution < -0.4 is 5.32 Å². The minimum Gasteiger partial charge on any atom is -0.381 e. The van der Waals surface area contributed by atoms with Gasteiger partial charge in [0.2, 0.25) is 0 Å². The van der Waals surface area contributed by atoms with Gasteiger partial charge in [-0.3, -0.25) is 4.90 Å². The molecule has 3 aliphatic rings. The smallest absolute Gasteiger partial charge is 0.0547 e. The largest absolute Gasteiger partial charge is 0.381 e. The van der Waals surface area contributed by atoms with E-state index in [-0.39, 0.29) is 0 Å². The summed E-state index contributed by atoms with van der Waals surface area (Å²) in [5.74, 6) is 0. The second kappa shape index (κ2) is 5.99. The molecule has 1 atom stereocenters. The lowest BCUT2D eigenvalue weighted by Gasteiger charge is -2.35. The maximum Gasteiger partial charge on any atom is 0.0547 e. The molecule has 1 aromatic rings. The van der Waals surface area contributed by atoms with E-state index in [1.54, 1.807) is 0 Å². The van der Waals surface area contributed by atoms with Crippen LogP contribution in [0, 0.1) is 5.41 Å². The van der Waals surface area contributed by atoms with Crippen LogP contribution in [0.3, 0.4) is 0 Å². The quantitative estimate of drug-likeness (QED) is 0.799. The van der Waals surface area contributed by atoms with Crippen molar-refractivity contribution in [2.45, 2.75) is 50.7 Å². The summed E-state index contributed by atoms with van der Waals surface area (Å²) in [5, 5.41) is 8.26. The highest BCUT2D eigenvalue weighted by atomic mass is 32.1. The number of thiophene rings is 1. The lowest BCUT2D eigenvalue weighted by atomic mass is 9.86. The Morgan fingerprint density at radius 1 is 1.33 bits per heavy atom. The molecule has 0 bridgehead atoms. The average molecular weight is 306 g/mol. The Hall–Kier alpha value is -0.420. The third kappa shape index (κ3) is 3.67. The van der Waals surface area contributed by atoms with Crippen molar-refractivity contribution in [1.29, 1.82) is 0 Å². The van der Waals surface area contributed by atoms with Gasteiger partial charge in [0.15, 0.2) is 0 Å². The predicted octanol–water partition coefficient (Wildman–Crippen LogP) is 2.87. The highest BCUT2D eigenvalue weighted by molar-refractivity contribution is 7.07. The van der Waals surface area contributed by atoms with Gasteiger partial charge in [-0.1, -0.05) is 0 Å². The molecule has 21 heavy (non-hydrogen) atoms. The SMILES string of the molecule is c1cc(CN(CC2(CNC3CC3)CCOC2)C2CC2)cs1. The Morgan fingerprint density at radius 2 is 2.24 bits per heavy atom. The summed E-state index contributed by atoms with van der Waals surface area (Å²) in [6, 6.07) is 3.90. The van der Waals surface area contributed by atoms with Gasteiger partial charge >= 0.3 is 0 Å². The number of ether oxygens (including phenoxy) is 1. The zero-order valence-corrected chi connectivity index (χ0v) is 13.5. The Bertz CT molecular complexity index is 447. The van der Waals surface area contributed by atoms with Gasteiger partial charge in [0.05, 0.1) is 6.61 Å². The molecular formula is C17H26N2OS. The zero-order valence-electron chi connectivity index (χ0n) is 12.7. The van der Waals surface area contributed by atoms with E-state index >= 15 is 0 Å². The first-order valence-electron chi connectivity index (χ1n) is 8.39. The van der Waals surface area contributed by atoms with Gasteiger partial charge in [-0.15, -0.1) is 0 Å². The minimum absolute atomic E-state index is 0.348. The van der Waals surface area contributed by atoms with Crippen LogP contribution >= 0.6 is 11.3 Å². The van der Waals surface area contributed by atoms with Gasteiger partial charge in [-0.25, -0.2) is 0 Å². The van der Waals surface area contributed by atoms with Crippen LogP contribution in [-0.2, 0) is 11.3 Å². The summed E-state index contributed by atoms with van der Waals surface area (Å²) in [4.78, 5) is 2.73. The lowest BCUT2D eigenvalue weighted by molar-refractivity contribution is 0.100. The molecule has 116 valence electrons. The van der Waals surface area contributed by atoms with Crippen molar-refractivity contribution in [3.63, 3.8) is 0 Å². The first-order valence-corrected chi connectivity index (χ1v) is 9.34. The number of rotatable bonds is 8. The molecule has 1 saturated heterocycles. The van der Waals surface area contributed by atoms with Crippen molar-refractivity contribution >= 4 is 11.3 Å². The summed E-state index contributed by atoms with van der Waals surface area (Å²) in [5.41, 5.74) is 1.83. The maximum absolute atomic E-state index is 5.78. The van der Waals surface area contributed by atoms with Gasteiger partial charge < -0.3 is 10.1 Å². The van der Waals surface area contributed by atoms with E-state index < -0.39 is 0 Å². The number of nitrogens with one attached hydrogen (secondary N) is 1. The highest BCUT2D eigenvalue weighted by Gasteiger charge is 2.41. The summed E-state index contributed by atoms with van der Waals surface area (Å²) in [7, 11) is 0. The van der Waals surface area contributed by atoms with Crippen molar-refractivity contribution in [3.05, 3.63) is 22.4 Å². The maximum atomic E-state index is 5.78. The Balaban J connectivity index is 1.41. The second-order valence-electron chi connectivity index (χ2n) is 7.23. The molecule has 3 fully saturated rings. The summed E-state index contributed by atoms with van der Waals surface area (Å²) in [6.07, 6.45) is 6.74. The van der Waals surface area contributed by atoms with Crippen LogP contribution in [0.25, 0.3) is 0 Å². The van der Waals surface area contributed by atoms with Crippen LogP contribution in [0.5, 0.6) is 0 Å². The molecule has 4 rings (SSSR count). The van der Waals surface area contributed by atoms with Crippen LogP contribution in [-0.4, -0.2) is 43.3 Å². The van der Waals surface area contributed by atoms with E-state index in [1.807, 2.05) is 11.3 Å². The van der Waals surface area contributed by atoms with Crippen molar-refractivity contribution in [2.75, 3.05) is 26.3 Å². The molecule has 2 saturated carbocycles. The standard InChI is InChI=1S/C17H26N2OS/c1-2-15(1)18-11-17(6-7-20-13-17)12-19(16-3-4-16)9-14-5-8-21-10-14/h5,8,10,15-16,18H,1-4,6-7,9,11-13H2. The zero-order chi connectivity index (χ0) is 14.1. The number of nitrogens with zero attached hydrogens (tertiary/aromatic N) is 1. The van der Waals surface area contributed by atoms with Crippen molar-refractivity contribution in [2.24, 2.45) is 5.41 Å². The van der Waals surface area contributed by atoms with E-state index in [0.29, 0.717) is 5.41 Å². The molecule has 0 spiro atoms. The topological polar surface area (TPSA) is 24.5 Å². The molecule has 1 unspecified atom stereocenters. The summed E-state index contributed by atoms with van der Waals surface area (Å²) in [6.45, 7) is 5.36. The van der Waals surface area contributed by atoms with E-state index in [2.05, 4.69) is 27.0 Å². The van der Waals surface area contributed by atoms with Crippen molar-refractivity contribution in [3.8, 4) is 0 Å². The normalized spacial score (nSPS) is 29.4. The molecule has 4 heteroatoms. The second-order valence-corrected chi connectivity index (χ2v) is 8.01. The fourth-order valence-electron chi connectivity index (χ4n) is 3.42. The van der Waals surface area contributed by atoms with Gasteiger partial charge in [-0.05, 0) is 54.5 Å². The molecule has 0 amide bonds. The third-order valence-electron chi connectivity index (χ3n) is 5.10. The summed E-state index contributed by atoms with van der Waals surface area (Å²) < 4.78 is 5.78. The Morgan fingerprint density at radius 3 is 2.86 bits per heavy atom. The predicted molar refractivity (Wildman–Crippen MR) is 86.6 cm³/mol. The number of hydrogen-bond donors (Lipinski definition) is 1. The molecule has 0 aromatic carbocycles. The van der Waals surface area contributed by atoms with E-state index in [9.17, 15) is 0 Å². The molecule has 1 aromatic heterocycles.